The van der Waals surface area contributed by atoms with Gasteiger partial charge in [0.25, 0.3) is 0 Å². The Morgan fingerprint density at radius 3 is 2.54 bits per heavy atom. The Hall–Kier alpha value is -3.09. The van der Waals surface area contributed by atoms with Gasteiger partial charge in [0, 0.05) is 6.07 Å². The number of nitrogens with zero attached hydrogens (tertiary/aromatic N) is 1. The SMILES string of the molecule is O=C(Nc1ccccc1F)Oc1ccc2nc(-c3c(Cl)cccc3Cl)[nH]c2c1. The van der Waals surface area contributed by atoms with E-state index in [2.05, 4.69) is 15.3 Å². The maximum Gasteiger partial charge on any atom is 0.417 e. The van der Waals surface area contributed by atoms with Crippen LogP contribution in [0.4, 0.5) is 14.9 Å². The van der Waals surface area contributed by atoms with Gasteiger partial charge in [0.05, 0.1) is 32.3 Å². The standard InChI is InChI=1S/C20H12Cl2FN3O2/c21-12-4-3-5-13(22)18(12)19-24-16-9-8-11(10-17(16)25-19)28-20(27)26-15-7-2-1-6-14(15)23/h1-10H,(H,24,25)(H,26,27). The quantitative estimate of drug-likeness (QED) is 0.413. The Bertz CT molecular complexity index is 1170. The molecule has 0 bridgehead atoms. The third kappa shape index (κ3) is 3.65. The van der Waals surface area contributed by atoms with Gasteiger partial charge in [-0.2, -0.15) is 0 Å². The van der Waals surface area contributed by atoms with Crippen molar-refractivity contribution < 1.29 is 13.9 Å². The highest BCUT2D eigenvalue weighted by molar-refractivity contribution is 6.39. The number of amides is 1. The molecule has 4 rings (SSSR count). The molecule has 8 heteroatoms. The van der Waals surface area contributed by atoms with Gasteiger partial charge in [-0.05, 0) is 36.4 Å². The van der Waals surface area contributed by atoms with E-state index in [4.69, 9.17) is 27.9 Å². The first-order chi connectivity index (χ1) is 13.5. The number of carbonyl (C=O) groups is 1. The van der Waals surface area contributed by atoms with Crippen molar-refractivity contribution in [2.75, 3.05) is 5.32 Å². The molecule has 1 aromatic heterocycles. The van der Waals surface area contributed by atoms with E-state index in [9.17, 15) is 9.18 Å². The minimum absolute atomic E-state index is 0.0331. The number of nitrogens with one attached hydrogen (secondary N) is 2. The lowest BCUT2D eigenvalue weighted by atomic mass is 10.2. The molecule has 140 valence electrons. The number of hydrogen-bond acceptors (Lipinski definition) is 3. The number of anilines is 1. The van der Waals surface area contributed by atoms with Gasteiger partial charge in [0.15, 0.2) is 0 Å². The molecule has 1 heterocycles. The molecule has 0 spiro atoms. The van der Waals surface area contributed by atoms with Crippen LogP contribution in [0.3, 0.4) is 0 Å². The lowest BCUT2D eigenvalue weighted by molar-refractivity contribution is 0.215. The maximum absolute atomic E-state index is 13.6. The van der Waals surface area contributed by atoms with Crippen LogP contribution in [0.1, 0.15) is 0 Å². The second-order valence-corrected chi connectivity index (χ2v) is 6.67. The minimum atomic E-state index is -0.807. The highest BCUT2D eigenvalue weighted by atomic mass is 35.5. The third-order valence-electron chi connectivity index (χ3n) is 3.97. The van der Waals surface area contributed by atoms with E-state index >= 15 is 0 Å². The van der Waals surface area contributed by atoms with E-state index in [0.717, 1.165) is 0 Å². The molecule has 0 fully saturated rings. The molecule has 0 unspecified atom stereocenters. The van der Waals surface area contributed by atoms with Crippen molar-refractivity contribution in [3.8, 4) is 17.1 Å². The van der Waals surface area contributed by atoms with Gasteiger partial charge in [-0.15, -0.1) is 0 Å². The molecule has 0 radical (unpaired) electrons. The van der Waals surface area contributed by atoms with E-state index in [1.54, 1.807) is 42.5 Å². The minimum Gasteiger partial charge on any atom is -0.410 e. The Morgan fingerprint density at radius 2 is 1.79 bits per heavy atom. The molecular weight excluding hydrogens is 404 g/mol. The Balaban J connectivity index is 1.58. The van der Waals surface area contributed by atoms with Gasteiger partial charge in [-0.3, -0.25) is 5.32 Å². The highest BCUT2D eigenvalue weighted by Crippen LogP contribution is 2.34. The first-order valence-electron chi connectivity index (χ1n) is 8.19. The number of rotatable bonds is 3. The van der Waals surface area contributed by atoms with Crippen LogP contribution in [-0.2, 0) is 0 Å². The molecule has 28 heavy (non-hydrogen) atoms. The number of benzene rings is 3. The van der Waals surface area contributed by atoms with Crippen LogP contribution in [-0.4, -0.2) is 16.1 Å². The van der Waals surface area contributed by atoms with E-state index < -0.39 is 11.9 Å². The summed E-state index contributed by atoms with van der Waals surface area (Å²) >= 11 is 12.5. The summed E-state index contributed by atoms with van der Waals surface area (Å²) in [5.41, 5.74) is 1.89. The Morgan fingerprint density at radius 1 is 1.04 bits per heavy atom. The number of imidazole rings is 1. The number of carbonyl (C=O) groups excluding carboxylic acids is 1. The van der Waals surface area contributed by atoms with Crippen molar-refractivity contribution in [2.45, 2.75) is 0 Å². The van der Waals surface area contributed by atoms with Crippen LogP contribution in [0.15, 0.2) is 60.7 Å². The van der Waals surface area contributed by atoms with Gasteiger partial charge in [-0.25, -0.2) is 14.2 Å². The molecule has 0 aliphatic rings. The molecule has 5 nitrogen and oxygen atoms in total. The van der Waals surface area contributed by atoms with E-state index in [1.807, 2.05) is 0 Å². The molecule has 1 amide bonds. The summed E-state index contributed by atoms with van der Waals surface area (Å²) in [7, 11) is 0. The summed E-state index contributed by atoms with van der Waals surface area (Å²) < 4.78 is 18.8. The molecule has 0 saturated heterocycles. The van der Waals surface area contributed by atoms with Crippen molar-refractivity contribution in [3.05, 3.63) is 76.5 Å². The van der Waals surface area contributed by atoms with Crippen LogP contribution in [0.5, 0.6) is 5.75 Å². The lowest BCUT2D eigenvalue weighted by Gasteiger charge is -2.07. The van der Waals surface area contributed by atoms with E-state index in [1.165, 1.54) is 18.2 Å². The smallest absolute Gasteiger partial charge is 0.410 e. The van der Waals surface area contributed by atoms with Crippen molar-refractivity contribution in [1.29, 1.82) is 0 Å². The molecule has 0 saturated carbocycles. The molecule has 4 aromatic rings. The van der Waals surface area contributed by atoms with Gasteiger partial charge in [0.2, 0.25) is 0 Å². The van der Waals surface area contributed by atoms with Crippen molar-refractivity contribution >= 4 is 46.0 Å². The molecule has 0 aliphatic heterocycles. The highest BCUT2D eigenvalue weighted by Gasteiger charge is 2.14. The zero-order valence-electron chi connectivity index (χ0n) is 14.2. The average Bonchev–Trinajstić information content (AvgIpc) is 3.06. The second-order valence-electron chi connectivity index (χ2n) is 5.86. The molecule has 0 atom stereocenters. The predicted octanol–water partition coefficient (Wildman–Crippen LogP) is 6.29. The molecule has 0 aliphatic carbocycles. The fourth-order valence-electron chi connectivity index (χ4n) is 2.70. The zero-order valence-corrected chi connectivity index (χ0v) is 15.7. The van der Waals surface area contributed by atoms with Crippen molar-refractivity contribution in [3.63, 3.8) is 0 Å². The maximum atomic E-state index is 13.6. The second kappa shape index (κ2) is 7.50. The number of aromatic nitrogens is 2. The first-order valence-corrected chi connectivity index (χ1v) is 8.94. The lowest BCUT2D eigenvalue weighted by Crippen LogP contribution is -2.17. The number of halogens is 3. The van der Waals surface area contributed by atoms with Gasteiger partial charge >= 0.3 is 6.09 Å². The summed E-state index contributed by atoms with van der Waals surface area (Å²) in [6.07, 6.45) is -0.807. The van der Waals surface area contributed by atoms with Crippen LogP contribution >= 0.6 is 23.2 Å². The van der Waals surface area contributed by atoms with Gasteiger partial charge < -0.3 is 9.72 Å². The van der Waals surface area contributed by atoms with Crippen LogP contribution in [0.25, 0.3) is 22.4 Å². The number of H-pyrrole nitrogens is 1. The van der Waals surface area contributed by atoms with Gasteiger partial charge in [0.1, 0.15) is 17.4 Å². The number of fused-ring (bicyclic) bond motifs is 1. The number of ether oxygens (including phenoxy) is 1. The first kappa shape index (κ1) is 18.3. The molecular formula is C20H12Cl2FN3O2. The normalized spacial score (nSPS) is 10.8. The number of para-hydroxylation sites is 1. The zero-order chi connectivity index (χ0) is 19.7. The van der Waals surface area contributed by atoms with Gasteiger partial charge in [-0.1, -0.05) is 41.4 Å². The van der Waals surface area contributed by atoms with Crippen LogP contribution < -0.4 is 10.1 Å². The Kier molecular flexibility index (Phi) is 4.90. The summed E-state index contributed by atoms with van der Waals surface area (Å²) in [4.78, 5) is 19.6. The largest absolute Gasteiger partial charge is 0.417 e. The predicted molar refractivity (Wildman–Crippen MR) is 108 cm³/mol. The number of hydrogen-bond donors (Lipinski definition) is 2. The fourth-order valence-corrected chi connectivity index (χ4v) is 3.28. The topological polar surface area (TPSA) is 67.0 Å². The summed E-state index contributed by atoms with van der Waals surface area (Å²) in [5, 5.41) is 3.29. The monoisotopic (exact) mass is 415 g/mol. The molecule has 2 N–H and O–H groups in total. The third-order valence-corrected chi connectivity index (χ3v) is 4.60. The fraction of sp³-hybridized carbons (Fsp3) is 0. The number of aromatic amines is 1. The van der Waals surface area contributed by atoms with Crippen LogP contribution in [0, 0.1) is 5.82 Å². The van der Waals surface area contributed by atoms with E-state index in [0.29, 0.717) is 32.5 Å². The van der Waals surface area contributed by atoms with Crippen molar-refractivity contribution in [2.24, 2.45) is 0 Å². The van der Waals surface area contributed by atoms with Crippen molar-refractivity contribution in [1.82, 2.24) is 9.97 Å². The Labute approximate surface area is 169 Å². The van der Waals surface area contributed by atoms with Crippen LogP contribution in [0.2, 0.25) is 10.0 Å². The average molecular weight is 416 g/mol. The summed E-state index contributed by atoms with van der Waals surface area (Å²) in [5.74, 6) is 0.213. The molecule has 3 aromatic carbocycles. The van der Waals surface area contributed by atoms with E-state index in [-0.39, 0.29) is 11.4 Å². The summed E-state index contributed by atoms with van der Waals surface area (Å²) in [6.45, 7) is 0. The summed E-state index contributed by atoms with van der Waals surface area (Å²) in [6, 6.07) is 15.9.